The van der Waals surface area contributed by atoms with Crippen molar-refractivity contribution in [2.24, 2.45) is 0 Å². The number of aromatic nitrogens is 3. The van der Waals surface area contributed by atoms with E-state index in [1.165, 1.54) is 10.9 Å². The van der Waals surface area contributed by atoms with Gasteiger partial charge in [-0.05, 0) is 30.7 Å². The second-order valence-corrected chi connectivity index (χ2v) is 4.26. The van der Waals surface area contributed by atoms with Gasteiger partial charge in [0.1, 0.15) is 0 Å². The second kappa shape index (κ2) is 4.05. The van der Waals surface area contributed by atoms with E-state index in [9.17, 15) is 4.79 Å². The van der Waals surface area contributed by atoms with Crippen LogP contribution < -0.4 is 0 Å². The van der Waals surface area contributed by atoms with Crippen LogP contribution in [-0.2, 0) is 0 Å². The first-order valence-electron chi connectivity index (χ1n) is 4.49. The topological polar surface area (TPSA) is 68.0 Å². The Bertz CT molecular complexity index is 530. The summed E-state index contributed by atoms with van der Waals surface area (Å²) in [5.74, 6) is -1.09. The lowest BCUT2D eigenvalue weighted by atomic mass is 10.2. The zero-order chi connectivity index (χ0) is 11.7. The average Bonchev–Trinajstić information content (AvgIpc) is 2.64. The van der Waals surface area contributed by atoms with Crippen molar-refractivity contribution >= 4 is 21.9 Å². The molecule has 2 rings (SSSR count). The van der Waals surface area contributed by atoms with Crippen molar-refractivity contribution in [3.8, 4) is 5.69 Å². The van der Waals surface area contributed by atoms with Crippen molar-refractivity contribution in [3.05, 3.63) is 40.1 Å². The van der Waals surface area contributed by atoms with Crippen LogP contribution in [0.1, 0.15) is 16.1 Å². The second-order valence-electron chi connectivity index (χ2n) is 3.34. The Balaban J connectivity index is 2.46. The summed E-state index contributed by atoms with van der Waals surface area (Å²) in [6.45, 7) is 1.95. The number of carboxylic acid groups (broad SMARTS) is 1. The lowest BCUT2D eigenvalue weighted by Gasteiger charge is -2.02. The lowest BCUT2D eigenvalue weighted by Crippen LogP contribution is -1.96. The molecule has 0 bridgehead atoms. The maximum atomic E-state index is 10.7. The Kier molecular flexibility index (Phi) is 2.74. The number of rotatable bonds is 2. The molecular weight excluding hydrogens is 274 g/mol. The predicted molar refractivity (Wildman–Crippen MR) is 60.8 cm³/mol. The molecule has 0 amide bonds. The molecule has 5 nitrogen and oxygen atoms in total. The minimum absolute atomic E-state index is 0.0716. The molecule has 0 aliphatic heterocycles. The fourth-order valence-corrected chi connectivity index (χ4v) is 1.93. The van der Waals surface area contributed by atoms with Crippen LogP contribution in [0.5, 0.6) is 0 Å². The number of benzene rings is 1. The number of nitrogens with zero attached hydrogens (tertiary/aromatic N) is 3. The number of halogens is 1. The summed E-state index contributed by atoms with van der Waals surface area (Å²) in [6.07, 6.45) is 1.38. The summed E-state index contributed by atoms with van der Waals surface area (Å²) >= 11 is 3.37. The van der Waals surface area contributed by atoms with Gasteiger partial charge >= 0.3 is 5.97 Å². The van der Waals surface area contributed by atoms with Crippen molar-refractivity contribution in [2.75, 3.05) is 0 Å². The smallest absolute Gasteiger partial charge is 0.358 e. The van der Waals surface area contributed by atoms with Crippen molar-refractivity contribution in [1.29, 1.82) is 0 Å². The summed E-state index contributed by atoms with van der Waals surface area (Å²) in [5.41, 5.74) is 1.75. The minimum atomic E-state index is -1.09. The molecule has 0 saturated heterocycles. The Morgan fingerprint density at radius 3 is 2.75 bits per heavy atom. The van der Waals surface area contributed by atoms with Crippen LogP contribution in [0.25, 0.3) is 5.69 Å². The highest BCUT2D eigenvalue weighted by Gasteiger charge is 2.09. The number of aromatic carboxylic acids is 1. The zero-order valence-corrected chi connectivity index (χ0v) is 9.97. The summed E-state index contributed by atoms with van der Waals surface area (Å²) in [4.78, 5) is 10.7. The third-order valence-electron chi connectivity index (χ3n) is 2.00. The van der Waals surface area contributed by atoms with Crippen LogP contribution in [0.3, 0.4) is 0 Å². The number of hydrogen-bond acceptors (Lipinski definition) is 3. The minimum Gasteiger partial charge on any atom is -0.476 e. The van der Waals surface area contributed by atoms with Gasteiger partial charge in [0.25, 0.3) is 0 Å². The molecule has 0 radical (unpaired) electrons. The molecular formula is C10H8BrN3O2. The van der Waals surface area contributed by atoms with Gasteiger partial charge in [-0.3, -0.25) is 0 Å². The molecule has 0 saturated carbocycles. The highest BCUT2D eigenvalue weighted by Crippen LogP contribution is 2.17. The van der Waals surface area contributed by atoms with Gasteiger partial charge in [-0.2, -0.15) is 0 Å². The van der Waals surface area contributed by atoms with E-state index in [4.69, 9.17) is 5.11 Å². The van der Waals surface area contributed by atoms with Crippen LogP contribution >= 0.6 is 15.9 Å². The van der Waals surface area contributed by atoms with Gasteiger partial charge in [0.05, 0.1) is 11.9 Å². The van der Waals surface area contributed by atoms with E-state index in [1.807, 2.05) is 25.1 Å². The van der Waals surface area contributed by atoms with Crippen molar-refractivity contribution in [2.45, 2.75) is 6.92 Å². The molecule has 0 fully saturated rings. The highest BCUT2D eigenvalue weighted by molar-refractivity contribution is 9.10. The first-order chi connectivity index (χ1) is 7.56. The summed E-state index contributed by atoms with van der Waals surface area (Å²) in [5, 5.41) is 16.0. The fourth-order valence-electron chi connectivity index (χ4n) is 1.34. The van der Waals surface area contributed by atoms with E-state index in [-0.39, 0.29) is 5.69 Å². The molecule has 0 atom stereocenters. The molecule has 0 aliphatic rings. The Hall–Kier alpha value is -1.69. The number of hydrogen-bond donors (Lipinski definition) is 1. The van der Waals surface area contributed by atoms with E-state index in [1.54, 1.807) is 0 Å². The first-order valence-corrected chi connectivity index (χ1v) is 5.29. The van der Waals surface area contributed by atoms with E-state index < -0.39 is 5.97 Å². The molecule has 0 unspecified atom stereocenters. The van der Waals surface area contributed by atoms with Gasteiger partial charge in [0.15, 0.2) is 5.69 Å². The van der Waals surface area contributed by atoms with Gasteiger partial charge in [0, 0.05) is 4.47 Å². The van der Waals surface area contributed by atoms with Crippen LogP contribution in [-0.4, -0.2) is 26.1 Å². The van der Waals surface area contributed by atoms with E-state index in [0.717, 1.165) is 15.7 Å². The van der Waals surface area contributed by atoms with Crippen LogP contribution in [0.2, 0.25) is 0 Å². The molecule has 0 aliphatic carbocycles. The van der Waals surface area contributed by atoms with Crippen LogP contribution in [0, 0.1) is 6.92 Å². The maximum Gasteiger partial charge on any atom is 0.358 e. The largest absolute Gasteiger partial charge is 0.476 e. The molecule has 2 aromatic rings. The van der Waals surface area contributed by atoms with Gasteiger partial charge in [0.2, 0.25) is 0 Å². The van der Waals surface area contributed by atoms with Gasteiger partial charge in [-0.25, -0.2) is 9.48 Å². The molecule has 6 heteroatoms. The summed E-state index contributed by atoms with van der Waals surface area (Å²) < 4.78 is 2.34. The molecule has 16 heavy (non-hydrogen) atoms. The Morgan fingerprint density at radius 2 is 2.19 bits per heavy atom. The van der Waals surface area contributed by atoms with E-state index in [2.05, 4.69) is 26.2 Å². The van der Waals surface area contributed by atoms with Gasteiger partial charge in [-0.1, -0.05) is 21.1 Å². The number of aryl methyl sites for hydroxylation is 1. The lowest BCUT2D eigenvalue weighted by molar-refractivity contribution is 0.0690. The zero-order valence-electron chi connectivity index (χ0n) is 8.38. The van der Waals surface area contributed by atoms with Crippen LogP contribution in [0.15, 0.2) is 28.9 Å². The van der Waals surface area contributed by atoms with Crippen molar-refractivity contribution in [1.82, 2.24) is 15.0 Å². The van der Waals surface area contributed by atoms with E-state index >= 15 is 0 Å². The van der Waals surface area contributed by atoms with Crippen molar-refractivity contribution in [3.63, 3.8) is 0 Å². The first kappa shape index (κ1) is 10.8. The number of carboxylic acids is 1. The Labute approximate surface area is 99.8 Å². The van der Waals surface area contributed by atoms with Gasteiger partial charge < -0.3 is 5.11 Å². The van der Waals surface area contributed by atoms with E-state index in [0.29, 0.717) is 0 Å². The average molecular weight is 282 g/mol. The van der Waals surface area contributed by atoms with Gasteiger partial charge in [-0.15, -0.1) is 5.10 Å². The van der Waals surface area contributed by atoms with Crippen LogP contribution in [0.4, 0.5) is 0 Å². The standard InChI is InChI=1S/C10H8BrN3O2/c1-6-2-7(11)4-8(3-6)14-5-9(10(15)16)12-13-14/h2-5H,1H3,(H,15,16). The number of carbonyl (C=O) groups is 1. The summed E-state index contributed by atoms with van der Waals surface area (Å²) in [6, 6.07) is 5.69. The third-order valence-corrected chi connectivity index (χ3v) is 2.46. The molecule has 1 heterocycles. The third kappa shape index (κ3) is 2.11. The fraction of sp³-hybridized carbons (Fsp3) is 0.100. The Morgan fingerprint density at radius 1 is 1.44 bits per heavy atom. The monoisotopic (exact) mass is 281 g/mol. The SMILES string of the molecule is Cc1cc(Br)cc(-n2cc(C(=O)O)nn2)c1. The molecule has 1 N–H and O–H groups in total. The summed E-state index contributed by atoms with van der Waals surface area (Å²) in [7, 11) is 0. The highest BCUT2D eigenvalue weighted by atomic mass is 79.9. The molecule has 1 aromatic carbocycles. The van der Waals surface area contributed by atoms with Crippen molar-refractivity contribution < 1.29 is 9.90 Å². The normalized spacial score (nSPS) is 10.4. The molecule has 1 aromatic heterocycles. The molecule has 0 spiro atoms. The quantitative estimate of drug-likeness (QED) is 0.915. The molecule has 82 valence electrons. The maximum absolute atomic E-state index is 10.7. The predicted octanol–water partition coefficient (Wildman–Crippen LogP) is 2.04.